The molecule has 0 rings (SSSR count). The van der Waals surface area contributed by atoms with Crippen LogP contribution in [-0.2, 0) is 4.79 Å². The van der Waals surface area contributed by atoms with Crippen LogP contribution in [0, 0.1) is 0 Å². The molecule has 12 heavy (non-hydrogen) atoms. The maximum atomic E-state index is 10.6. The molecule has 0 amide bonds. The monoisotopic (exact) mass is 194 g/mol. The van der Waals surface area contributed by atoms with Crippen molar-refractivity contribution in [2.75, 3.05) is 12.4 Å². The summed E-state index contributed by atoms with van der Waals surface area (Å²) in [6.07, 6.45) is 0. The highest BCUT2D eigenvalue weighted by molar-refractivity contribution is 8.00. The van der Waals surface area contributed by atoms with E-state index in [0.29, 0.717) is 5.75 Å². The Hall–Kier alpha value is -0.260. The molecule has 5 heteroatoms. The number of carboxylic acid groups (broad SMARTS) is 1. The minimum Gasteiger partial charge on any atom is -0.480 e. The maximum absolute atomic E-state index is 10.6. The van der Waals surface area contributed by atoms with Gasteiger partial charge in [0.05, 0.1) is 12.2 Å². The Morgan fingerprint density at radius 2 is 2.08 bits per heavy atom. The molecule has 0 aromatic rings. The molecular formula is C7H14O4S. The molecule has 1 unspecified atom stereocenters. The van der Waals surface area contributed by atoms with Crippen molar-refractivity contribution in [2.45, 2.75) is 24.7 Å². The van der Waals surface area contributed by atoms with Crippen molar-refractivity contribution in [3.05, 3.63) is 0 Å². The van der Waals surface area contributed by atoms with E-state index in [2.05, 4.69) is 0 Å². The van der Waals surface area contributed by atoms with Crippen LogP contribution < -0.4 is 0 Å². The molecule has 0 aromatic carbocycles. The number of carboxylic acids is 1. The van der Waals surface area contributed by atoms with Gasteiger partial charge in [-0.05, 0) is 13.8 Å². The molecule has 0 bridgehead atoms. The van der Waals surface area contributed by atoms with E-state index in [1.165, 1.54) is 13.8 Å². The Morgan fingerprint density at radius 3 is 2.33 bits per heavy atom. The first-order valence-electron chi connectivity index (χ1n) is 3.57. The van der Waals surface area contributed by atoms with Gasteiger partial charge in [0.1, 0.15) is 5.25 Å². The van der Waals surface area contributed by atoms with Gasteiger partial charge in [0.15, 0.2) is 0 Å². The fraction of sp³-hybridized carbons (Fsp3) is 0.857. The first-order valence-corrected chi connectivity index (χ1v) is 4.62. The van der Waals surface area contributed by atoms with Crippen LogP contribution in [-0.4, -0.2) is 44.5 Å². The SMILES string of the molecule is CC(C)(O)C(SCCO)C(=O)O. The van der Waals surface area contributed by atoms with E-state index in [-0.39, 0.29) is 6.61 Å². The molecule has 0 saturated heterocycles. The first kappa shape index (κ1) is 11.7. The summed E-state index contributed by atoms with van der Waals surface area (Å²) < 4.78 is 0. The van der Waals surface area contributed by atoms with E-state index in [9.17, 15) is 9.90 Å². The molecule has 4 nitrogen and oxygen atoms in total. The molecule has 0 spiro atoms. The number of aliphatic hydroxyl groups excluding tert-OH is 1. The van der Waals surface area contributed by atoms with Crippen LogP contribution >= 0.6 is 11.8 Å². The molecule has 3 N–H and O–H groups in total. The second-order valence-corrected chi connectivity index (χ2v) is 4.18. The molecule has 0 aliphatic heterocycles. The summed E-state index contributed by atoms with van der Waals surface area (Å²) in [6, 6.07) is 0. The van der Waals surface area contributed by atoms with E-state index >= 15 is 0 Å². The van der Waals surface area contributed by atoms with Crippen LogP contribution in [0.2, 0.25) is 0 Å². The van der Waals surface area contributed by atoms with Crippen LogP contribution in [0.4, 0.5) is 0 Å². The zero-order valence-electron chi connectivity index (χ0n) is 7.15. The highest BCUT2D eigenvalue weighted by Gasteiger charge is 2.33. The number of rotatable bonds is 5. The minimum atomic E-state index is -1.26. The summed E-state index contributed by atoms with van der Waals surface area (Å²) in [6.45, 7) is 2.80. The van der Waals surface area contributed by atoms with Gasteiger partial charge in [-0.15, -0.1) is 11.8 Å². The lowest BCUT2D eigenvalue weighted by molar-refractivity contribution is -0.140. The average Bonchev–Trinajstić information content (AvgIpc) is 1.84. The van der Waals surface area contributed by atoms with Gasteiger partial charge in [-0.3, -0.25) is 4.79 Å². The fourth-order valence-electron chi connectivity index (χ4n) is 0.748. The van der Waals surface area contributed by atoms with Crippen molar-refractivity contribution in [1.82, 2.24) is 0 Å². The Bertz CT molecular complexity index is 152. The van der Waals surface area contributed by atoms with E-state index in [1.54, 1.807) is 0 Å². The van der Waals surface area contributed by atoms with Crippen molar-refractivity contribution >= 4 is 17.7 Å². The predicted octanol–water partition coefficient (Wildman–Crippen LogP) is -0.0640. The van der Waals surface area contributed by atoms with Crippen molar-refractivity contribution in [1.29, 1.82) is 0 Å². The van der Waals surface area contributed by atoms with Crippen molar-refractivity contribution in [3.8, 4) is 0 Å². The molecule has 0 aliphatic rings. The lowest BCUT2D eigenvalue weighted by atomic mass is 10.1. The quantitative estimate of drug-likeness (QED) is 0.571. The molecule has 0 saturated carbocycles. The standard InChI is InChI=1S/C7H14O4S/c1-7(2,11)5(6(9)10)12-4-3-8/h5,8,11H,3-4H2,1-2H3,(H,9,10). The summed E-state index contributed by atoms with van der Waals surface area (Å²) in [7, 11) is 0. The highest BCUT2D eigenvalue weighted by atomic mass is 32.2. The number of hydrogen-bond donors (Lipinski definition) is 3. The maximum Gasteiger partial charge on any atom is 0.319 e. The van der Waals surface area contributed by atoms with Crippen molar-refractivity contribution < 1.29 is 20.1 Å². The third-order valence-corrected chi connectivity index (χ3v) is 2.77. The predicted molar refractivity (Wildman–Crippen MR) is 47.3 cm³/mol. The molecular weight excluding hydrogens is 180 g/mol. The normalized spacial score (nSPS) is 14.3. The highest BCUT2D eigenvalue weighted by Crippen LogP contribution is 2.22. The van der Waals surface area contributed by atoms with Gasteiger partial charge in [-0.1, -0.05) is 0 Å². The lowest BCUT2D eigenvalue weighted by Gasteiger charge is -2.24. The average molecular weight is 194 g/mol. The van der Waals surface area contributed by atoms with Gasteiger partial charge < -0.3 is 15.3 Å². The van der Waals surface area contributed by atoms with Gasteiger partial charge in [0.2, 0.25) is 0 Å². The zero-order chi connectivity index (χ0) is 9.78. The summed E-state index contributed by atoms with van der Waals surface area (Å²) in [5.41, 5.74) is -1.26. The number of thioether (sulfide) groups is 1. The number of aliphatic carboxylic acids is 1. The van der Waals surface area contributed by atoms with Crippen LogP contribution in [0.15, 0.2) is 0 Å². The van der Waals surface area contributed by atoms with Crippen molar-refractivity contribution in [2.24, 2.45) is 0 Å². The summed E-state index contributed by atoms with van der Waals surface area (Å²) in [5, 5.41) is 25.6. The van der Waals surface area contributed by atoms with Crippen molar-refractivity contribution in [3.63, 3.8) is 0 Å². The Balaban J connectivity index is 4.15. The van der Waals surface area contributed by atoms with Gasteiger partial charge in [-0.2, -0.15) is 0 Å². The van der Waals surface area contributed by atoms with Crippen LogP contribution in [0.3, 0.4) is 0 Å². The second kappa shape index (κ2) is 4.69. The first-order chi connectivity index (χ1) is 5.39. The third kappa shape index (κ3) is 3.94. The molecule has 0 aromatic heterocycles. The molecule has 0 heterocycles. The third-order valence-electron chi connectivity index (χ3n) is 1.24. The topological polar surface area (TPSA) is 77.8 Å². The van der Waals surface area contributed by atoms with Crippen LogP contribution in [0.25, 0.3) is 0 Å². The summed E-state index contributed by atoms with van der Waals surface area (Å²) >= 11 is 1.04. The number of aliphatic hydroxyl groups is 2. The van der Waals surface area contributed by atoms with E-state index in [0.717, 1.165) is 11.8 Å². The van der Waals surface area contributed by atoms with Crippen LogP contribution in [0.1, 0.15) is 13.8 Å². The summed E-state index contributed by atoms with van der Waals surface area (Å²) in [4.78, 5) is 10.6. The van der Waals surface area contributed by atoms with E-state index in [1.807, 2.05) is 0 Å². The van der Waals surface area contributed by atoms with E-state index in [4.69, 9.17) is 10.2 Å². The minimum absolute atomic E-state index is 0.0788. The van der Waals surface area contributed by atoms with Gasteiger partial charge in [-0.25, -0.2) is 0 Å². The van der Waals surface area contributed by atoms with Gasteiger partial charge in [0, 0.05) is 5.75 Å². The molecule has 72 valence electrons. The molecule has 1 atom stereocenters. The summed E-state index contributed by atoms with van der Waals surface area (Å²) in [5.74, 6) is -0.734. The fourth-order valence-corrected chi connectivity index (χ4v) is 1.64. The van der Waals surface area contributed by atoms with E-state index < -0.39 is 16.8 Å². The smallest absolute Gasteiger partial charge is 0.319 e. The number of carbonyl (C=O) groups is 1. The molecule has 0 radical (unpaired) electrons. The molecule has 0 fully saturated rings. The largest absolute Gasteiger partial charge is 0.480 e. The molecule has 0 aliphatic carbocycles. The Kier molecular flexibility index (Phi) is 4.59. The van der Waals surface area contributed by atoms with Crippen LogP contribution in [0.5, 0.6) is 0 Å². The van der Waals surface area contributed by atoms with Gasteiger partial charge in [0.25, 0.3) is 0 Å². The number of hydrogen-bond acceptors (Lipinski definition) is 4. The zero-order valence-corrected chi connectivity index (χ0v) is 7.97. The Labute approximate surface area is 75.6 Å². The second-order valence-electron chi connectivity index (χ2n) is 2.97. The van der Waals surface area contributed by atoms with Gasteiger partial charge >= 0.3 is 5.97 Å². The lowest BCUT2D eigenvalue weighted by Crippen LogP contribution is -2.40. The Morgan fingerprint density at radius 1 is 1.58 bits per heavy atom.